The van der Waals surface area contributed by atoms with E-state index >= 15 is 0 Å². The van der Waals surface area contributed by atoms with Crippen molar-refractivity contribution < 1.29 is 54.4 Å². The number of hydrogen-bond acceptors (Lipinski definition) is 10. The Labute approximate surface area is 300 Å². The van der Waals surface area contributed by atoms with Gasteiger partial charge in [0.2, 0.25) is 0 Å². The summed E-state index contributed by atoms with van der Waals surface area (Å²) in [7, 11) is 3.32. The minimum atomic E-state index is -1.02. The van der Waals surface area contributed by atoms with E-state index in [2.05, 4.69) is 6.92 Å². The van der Waals surface area contributed by atoms with E-state index in [0.717, 1.165) is 37.3 Å². The minimum Gasteiger partial charge on any atom is -0.478 e. The second kappa shape index (κ2) is 22.4. The molecule has 0 bridgehead atoms. The smallest absolute Gasteiger partial charge is 0.328 e. The van der Waals surface area contributed by atoms with Gasteiger partial charge in [-0.05, 0) is 64.7 Å². The highest BCUT2D eigenvalue weighted by Crippen LogP contribution is 2.31. The van der Waals surface area contributed by atoms with Crippen LogP contribution in [0.4, 0.5) is 0 Å². The molecule has 2 heterocycles. The van der Waals surface area contributed by atoms with Crippen molar-refractivity contribution in [1.29, 1.82) is 0 Å². The first kappa shape index (κ1) is 44.5. The molecule has 1 fully saturated rings. The van der Waals surface area contributed by atoms with E-state index in [4.69, 9.17) is 24.1 Å². The Morgan fingerprint density at radius 3 is 2.22 bits per heavy atom. The third kappa shape index (κ3) is 15.1. The predicted octanol–water partition coefficient (Wildman–Crippen LogP) is 4.57. The van der Waals surface area contributed by atoms with Gasteiger partial charge in [0.1, 0.15) is 0 Å². The van der Waals surface area contributed by atoms with Crippen LogP contribution in [0.5, 0.6) is 0 Å². The number of aliphatic hydroxyl groups excluding tert-OH is 5. The van der Waals surface area contributed by atoms with Gasteiger partial charge in [-0.2, -0.15) is 0 Å². The van der Waals surface area contributed by atoms with Crippen LogP contribution < -0.4 is 0 Å². The van der Waals surface area contributed by atoms with Crippen molar-refractivity contribution in [2.24, 2.45) is 23.7 Å². The second-order valence-corrected chi connectivity index (χ2v) is 15.1. The summed E-state index contributed by atoms with van der Waals surface area (Å²) in [5.74, 6) is -2.50. The molecule has 6 N–H and O–H groups in total. The molecule has 0 aromatic carbocycles. The SMILES string of the molecule is CO[C@H]1C[C@@H](CC[C@H](C)[C@H](O)[C@H](C)[C@H](O)[C@H](C)[C@H](O)C[C@H](O)[C@H](C)[C@H](C[C@H]2CC=C[C@@H](C[C@H](O)CC=C(C)C=CC(=O)O)O2)OC)O[C@@H](C)C1. The second-order valence-electron chi connectivity index (χ2n) is 15.1. The number of rotatable bonds is 22. The Hall–Kier alpha value is -1.67. The number of aliphatic carboxylic acids is 1. The van der Waals surface area contributed by atoms with Gasteiger partial charge in [-0.3, -0.25) is 0 Å². The normalized spacial score (nSPS) is 29.5. The van der Waals surface area contributed by atoms with Crippen molar-refractivity contribution in [2.45, 2.75) is 166 Å². The lowest BCUT2D eigenvalue weighted by molar-refractivity contribution is -0.131. The van der Waals surface area contributed by atoms with Crippen molar-refractivity contribution in [3.63, 3.8) is 0 Å². The summed E-state index contributed by atoms with van der Waals surface area (Å²) in [6.45, 7) is 11.2. The number of methoxy groups -OCH3 is 2. The van der Waals surface area contributed by atoms with E-state index in [1.54, 1.807) is 41.1 Å². The standard InChI is InChI=1S/C39H68O11/c1-23(13-17-37(43)44)12-15-29(40)19-30-10-9-11-31(50-30)21-36(48-8)26(4)34(41)22-35(42)27(5)39(46)28(6)38(45)24(2)14-16-32-20-33(47-7)18-25(3)49-32/h9-10,12-13,17,24-36,38-42,45-46H,11,14-16,18-22H2,1-8H3,(H,43,44)/t24-,25-,26-,27+,28-,29+,30-,31+,32+,33+,34-,35+,36-,38-,39+/m0/s1. The zero-order valence-electron chi connectivity index (χ0n) is 31.6. The molecule has 290 valence electrons. The average molecular weight is 713 g/mol. The molecule has 2 aliphatic rings. The Morgan fingerprint density at radius 1 is 0.900 bits per heavy atom. The third-order valence-corrected chi connectivity index (χ3v) is 10.9. The van der Waals surface area contributed by atoms with Crippen LogP contribution in [0, 0.1) is 23.7 Å². The molecule has 0 aliphatic carbocycles. The van der Waals surface area contributed by atoms with Crippen LogP contribution >= 0.6 is 0 Å². The lowest BCUT2D eigenvalue weighted by Crippen LogP contribution is -2.43. The van der Waals surface area contributed by atoms with Crippen LogP contribution in [0.15, 0.2) is 36.0 Å². The van der Waals surface area contributed by atoms with Gasteiger partial charge in [0.05, 0.1) is 67.1 Å². The van der Waals surface area contributed by atoms with E-state index in [1.165, 1.54) is 6.08 Å². The van der Waals surface area contributed by atoms with Gasteiger partial charge >= 0.3 is 5.97 Å². The molecule has 15 atom stereocenters. The molecule has 2 rings (SSSR count). The summed E-state index contributed by atoms with van der Waals surface area (Å²) in [4.78, 5) is 10.7. The fraction of sp³-hybridized carbons (Fsp3) is 0.821. The lowest BCUT2D eigenvalue weighted by atomic mass is 9.79. The largest absolute Gasteiger partial charge is 0.478 e. The highest BCUT2D eigenvalue weighted by molar-refractivity contribution is 5.80. The summed E-state index contributed by atoms with van der Waals surface area (Å²) >= 11 is 0. The molecule has 2 aliphatic heterocycles. The molecule has 1 saturated heterocycles. The topological polar surface area (TPSA) is 175 Å². The van der Waals surface area contributed by atoms with Crippen molar-refractivity contribution in [1.82, 2.24) is 0 Å². The van der Waals surface area contributed by atoms with Crippen molar-refractivity contribution in [3.8, 4) is 0 Å². The molecule has 0 amide bonds. The molecule has 0 aromatic rings. The van der Waals surface area contributed by atoms with Gasteiger partial charge in [0.25, 0.3) is 0 Å². The fourth-order valence-electron chi connectivity index (χ4n) is 7.31. The highest BCUT2D eigenvalue weighted by Gasteiger charge is 2.37. The average Bonchev–Trinajstić information content (AvgIpc) is 3.09. The number of carboxylic acid groups (broad SMARTS) is 1. The first-order valence-corrected chi connectivity index (χ1v) is 18.6. The van der Waals surface area contributed by atoms with Gasteiger partial charge < -0.3 is 49.6 Å². The molecule has 0 saturated carbocycles. The Bertz CT molecular complexity index is 1060. The van der Waals surface area contributed by atoms with E-state index in [1.807, 2.05) is 26.0 Å². The number of carbonyl (C=O) groups is 1. The van der Waals surface area contributed by atoms with Gasteiger partial charge in [-0.15, -0.1) is 0 Å². The fourth-order valence-corrected chi connectivity index (χ4v) is 7.31. The first-order chi connectivity index (χ1) is 23.6. The van der Waals surface area contributed by atoms with Crippen LogP contribution in [0.1, 0.15) is 99.3 Å². The summed E-state index contributed by atoms with van der Waals surface area (Å²) in [5.41, 5.74) is 0.753. The Morgan fingerprint density at radius 2 is 1.58 bits per heavy atom. The van der Waals surface area contributed by atoms with Crippen molar-refractivity contribution in [3.05, 3.63) is 36.0 Å². The number of carboxylic acids is 1. The number of hydrogen-bond donors (Lipinski definition) is 6. The van der Waals surface area contributed by atoms with Crippen LogP contribution in [-0.2, 0) is 23.7 Å². The molecule has 11 nitrogen and oxygen atoms in total. The highest BCUT2D eigenvalue weighted by atomic mass is 16.5. The van der Waals surface area contributed by atoms with Gasteiger partial charge in [-0.25, -0.2) is 4.79 Å². The maximum absolute atomic E-state index is 11.2. The maximum atomic E-state index is 11.2. The number of aliphatic hydroxyl groups is 5. The van der Waals surface area contributed by atoms with Gasteiger partial charge in [0.15, 0.2) is 0 Å². The molecule has 0 spiro atoms. The Kier molecular flexibility index (Phi) is 19.9. The zero-order chi connectivity index (χ0) is 37.5. The van der Waals surface area contributed by atoms with Gasteiger partial charge in [-0.1, -0.05) is 57.6 Å². The van der Waals surface area contributed by atoms with Crippen LogP contribution in [0.2, 0.25) is 0 Å². The van der Waals surface area contributed by atoms with Crippen LogP contribution in [0.25, 0.3) is 0 Å². The first-order valence-electron chi connectivity index (χ1n) is 18.6. The molecule has 11 heteroatoms. The van der Waals surface area contributed by atoms with E-state index in [0.29, 0.717) is 25.7 Å². The predicted molar refractivity (Wildman–Crippen MR) is 193 cm³/mol. The van der Waals surface area contributed by atoms with Crippen LogP contribution in [0.3, 0.4) is 0 Å². The third-order valence-electron chi connectivity index (χ3n) is 10.9. The number of allylic oxidation sites excluding steroid dienone is 2. The molecule has 0 radical (unpaired) electrons. The lowest BCUT2D eigenvalue weighted by Gasteiger charge is -2.37. The van der Waals surface area contributed by atoms with Gasteiger partial charge in [0, 0.05) is 50.9 Å². The molecular weight excluding hydrogens is 644 g/mol. The van der Waals surface area contributed by atoms with E-state index < -0.39 is 48.3 Å². The monoisotopic (exact) mass is 712 g/mol. The quantitative estimate of drug-likeness (QED) is 0.0527. The summed E-state index contributed by atoms with van der Waals surface area (Å²) in [6, 6.07) is 0. The molecular formula is C39H68O11. The Balaban J connectivity index is 1.84. The van der Waals surface area contributed by atoms with Crippen LogP contribution in [-0.4, -0.2) is 118 Å². The molecule has 0 unspecified atom stereocenters. The zero-order valence-corrected chi connectivity index (χ0v) is 31.6. The van der Waals surface area contributed by atoms with E-state index in [9.17, 15) is 30.3 Å². The summed E-state index contributed by atoms with van der Waals surface area (Å²) in [5, 5.41) is 63.8. The maximum Gasteiger partial charge on any atom is 0.328 e. The van der Waals surface area contributed by atoms with Crippen molar-refractivity contribution in [2.75, 3.05) is 14.2 Å². The minimum absolute atomic E-state index is 0.0460. The van der Waals surface area contributed by atoms with Crippen molar-refractivity contribution >= 4 is 5.97 Å². The summed E-state index contributed by atoms with van der Waals surface area (Å²) < 4.78 is 23.7. The summed E-state index contributed by atoms with van der Waals surface area (Å²) in [6.07, 6.45) is 8.81. The molecule has 50 heavy (non-hydrogen) atoms. The van der Waals surface area contributed by atoms with E-state index in [-0.39, 0.29) is 54.9 Å². The number of ether oxygens (including phenoxy) is 4. The molecule has 0 aromatic heterocycles.